The number of aromatic nitrogens is 5. The van der Waals surface area contributed by atoms with Gasteiger partial charge < -0.3 is 15.0 Å². The first-order valence-corrected chi connectivity index (χ1v) is 14.1. The van der Waals surface area contributed by atoms with Gasteiger partial charge in [0.1, 0.15) is 11.6 Å². The van der Waals surface area contributed by atoms with Crippen molar-refractivity contribution in [2.75, 3.05) is 25.0 Å². The summed E-state index contributed by atoms with van der Waals surface area (Å²) in [7, 11) is 0. The van der Waals surface area contributed by atoms with Crippen LogP contribution in [-0.4, -0.2) is 55.2 Å². The van der Waals surface area contributed by atoms with Gasteiger partial charge in [-0.15, -0.1) is 0 Å². The maximum atomic E-state index is 15.2. The number of carbonyl (C=O) groups excluding carboxylic acids is 1. The predicted octanol–water partition coefficient (Wildman–Crippen LogP) is 5.10. The largest absolute Gasteiger partial charge is 0.453 e. The number of pyridine rings is 1. The summed E-state index contributed by atoms with van der Waals surface area (Å²) in [5.74, 6) is -1.13. The van der Waals surface area contributed by atoms with E-state index in [1.807, 2.05) is 0 Å². The van der Waals surface area contributed by atoms with Crippen molar-refractivity contribution in [2.45, 2.75) is 26.2 Å². The van der Waals surface area contributed by atoms with Gasteiger partial charge in [-0.2, -0.15) is 5.10 Å². The van der Waals surface area contributed by atoms with Crippen LogP contribution in [-0.2, 0) is 6.42 Å². The van der Waals surface area contributed by atoms with Crippen molar-refractivity contribution in [3.05, 3.63) is 100 Å². The molecule has 0 spiro atoms. The van der Waals surface area contributed by atoms with Gasteiger partial charge in [-0.3, -0.25) is 19.3 Å². The van der Waals surface area contributed by atoms with Gasteiger partial charge >= 0.3 is 0 Å². The van der Waals surface area contributed by atoms with Gasteiger partial charge in [0.25, 0.3) is 11.5 Å². The van der Waals surface area contributed by atoms with Gasteiger partial charge in [0, 0.05) is 41.7 Å². The molecule has 6 rings (SSSR count). The third-order valence-corrected chi connectivity index (χ3v) is 7.71. The fourth-order valence-corrected chi connectivity index (χ4v) is 5.35. The van der Waals surface area contributed by atoms with E-state index in [1.54, 1.807) is 12.3 Å². The number of amides is 1. The molecule has 0 saturated carbocycles. The zero-order chi connectivity index (χ0) is 29.9. The average molecular weight is 586 g/mol. The lowest BCUT2D eigenvalue weighted by Crippen LogP contribution is -2.34. The molecule has 4 heterocycles. The van der Waals surface area contributed by atoms with Crippen molar-refractivity contribution in [3.8, 4) is 17.2 Å². The molecule has 43 heavy (non-hydrogen) atoms. The van der Waals surface area contributed by atoms with E-state index in [0.29, 0.717) is 28.4 Å². The maximum Gasteiger partial charge on any atom is 0.286 e. The van der Waals surface area contributed by atoms with Crippen LogP contribution in [0.25, 0.3) is 16.7 Å². The highest BCUT2D eigenvalue weighted by Gasteiger charge is 2.22. The first-order chi connectivity index (χ1) is 20.9. The monoisotopic (exact) mass is 585 g/mol. The van der Waals surface area contributed by atoms with Crippen molar-refractivity contribution in [1.29, 1.82) is 0 Å². The summed E-state index contributed by atoms with van der Waals surface area (Å²) in [6, 6.07) is 10.9. The molecule has 1 aliphatic rings. The number of nitrogens with one attached hydrogen (secondary N) is 2. The second-order valence-corrected chi connectivity index (χ2v) is 10.4. The maximum absolute atomic E-state index is 15.2. The van der Waals surface area contributed by atoms with Crippen LogP contribution in [0.3, 0.4) is 0 Å². The van der Waals surface area contributed by atoms with Gasteiger partial charge in [0.2, 0.25) is 0 Å². The highest BCUT2D eigenvalue weighted by atomic mass is 19.1. The number of hydrogen-bond acceptors (Lipinski definition) is 7. The molecule has 1 amide bonds. The lowest BCUT2D eigenvalue weighted by molar-refractivity contribution is 0.102. The van der Waals surface area contributed by atoms with Crippen LogP contribution in [0.4, 0.5) is 14.5 Å². The van der Waals surface area contributed by atoms with E-state index in [0.717, 1.165) is 50.7 Å². The van der Waals surface area contributed by atoms with Gasteiger partial charge in [-0.25, -0.2) is 18.7 Å². The Labute approximate surface area is 245 Å². The topological polar surface area (TPSA) is 118 Å². The zero-order valence-electron chi connectivity index (χ0n) is 23.4. The Morgan fingerprint density at radius 1 is 1.05 bits per heavy atom. The summed E-state index contributed by atoms with van der Waals surface area (Å²) in [5.41, 5.74) is 0.752. The number of fused-ring (bicyclic) bond motifs is 1. The molecule has 10 nitrogen and oxygen atoms in total. The van der Waals surface area contributed by atoms with Crippen LogP contribution in [0, 0.1) is 17.6 Å². The number of aromatic amines is 1. The molecule has 220 valence electrons. The van der Waals surface area contributed by atoms with E-state index in [-0.39, 0.29) is 11.4 Å². The summed E-state index contributed by atoms with van der Waals surface area (Å²) in [5, 5.41) is 10.7. The minimum atomic E-state index is -0.821. The van der Waals surface area contributed by atoms with Crippen LogP contribution in [0.1, 0.15) is 35.9 Å². The predicted molar refractivity (Wildman–Crippen MR) is 157 cm³/mol. The summed E-state index contributed by atoms with van der Waals surface area (Å²) >= 11 is 0. The highest BCUT2D eigenvalue weighted by molar-refractivity contribution is 6.02. The molecule has 0 aliphatic carbocycles. The molecule has 0 radical (unpaired) electrons. The minimum Gasteiger partial charge on any atom is -0.453 e. The number of halogens is 2. The van der Waals surface area contributed by atoms with Gasteiger partial charge in [-0.05, 0) is 87.3 Å². The van der Waals surface area contributed by atoms with Crippen LogP contribution >= 0.6 is 0 Å². The van der Waals surface area contributed by atoms with E-state index in [2.05, 4.69) is 37.3 Å². The van der Waals surface area contributed by atoms with Crippen molar-refractivity contribution in [2.24, 2.45) is 5.92 Å². The second kappa shape index (κ2) is 12.1. The van der Waals surface area contributed by atoms with Gasteiger partial charge in [-0.1, -0.05) is 6.92 Å². The first kappa shape index (κ1) is 28.2. The van der Waals surface area contributed by atoms with Crippen molar-refractivity contribution in [3.63, 3.8) is 0 Å². The normalized spacial score (nSPS) is 14.2. The molecule has 0 atom stereocenters. The molecule has 2 aromatic carbocycles. The van der Waals surface area contributed by atoms with E-state index in [9.17, 15) is 14.0 Å². The molecule has 1 aliphatic heterocycles. The molecule has 3 aromatic heterocycles. The van der Waals surface area contributed by atoms with E-state index in [1.165, 1.54) is 53.4 Å². The van der Waals surface area contributed by atoms with Crippen LogP contribution in [0.2, 0.25) is 0 Å². The number of rotatable bonds is 8. The minimum absolute atomic E-state index is 0.0506. The number of carbonyl (C=O) groups is 1. The van der Waals surface area contributed by atoms with Gasteiger partial charge in [0.15, 0.2) is 22.9 Å². The Balaban J connectivity index is 1.18. The Bertz CT molecular complexity index is 1830. The zero-order valence-corrected chi connectivity index (χ0v) is 23.4. The fraction of sp³-hybridized carbons (Fsp3) is 0.258. The third kappa shape index (κ3) is 6.00. The van der Waals surface area contributed by atoms with E-state index in [4.69, 9.17) is 4.74 Å². The number of hydrogen-bond donors (Lipinski definition) is 2. The Morgan fingerprint density at radius 2 is 1.84 bits per heavy atom. The summed E-state index contributed by atoms with van der Waals surface area (Å²) in [6.45, 7) is 5.35. The number of ether oxygens (including phenoxy) is 1. The average Bonchev–Trinajstić information content (AvgIpc) is 3.43. The number of benzene rings is 2. The highest BCUT2D eigenvalue weighted by Crippen LogP contribution is 2.34. The lowest BCUT2D eigenvalue weighted by atomic mass is 9.91. The fourth-order valence-electron chi connectivity index (χ4n) is 5.35. The van der Waals surface area contributed by atoms with Crippen LogP contribution in [0.5, 0.6) is 11.5 Å². The lowest BCUT2D eigenvalue weighted by Gasteiger charge is -2.30. The standard InChI is InChI=1S/C31H29F2N7O3/c1-2-39-14-10-19(11-15-39)17-24-27-26(9-12-35-29(27)38-37-24)43-25-8-5-21(18-23(25)33)36-30(41)28-31(42)40(16-13-34-28)22-6-3-20(32)4-7-22/h3-9,12-13,16,18-19H,2,10-11,14-15,17H2,1H3,(H,36,41)(H,35,37,38). The first-order valence-electron chi connectivity index (χ1n) is 14.1. The molecule has 12 heteroatoms. The Kier molecular flexibility index (Phi) is 7.93. The molecule has 5 aromatic rings. The van der Waals surface area contributed by atoms with Crippen LogP contribution in [0.15, 0.2) is 71.9 Å². The van der Waals surface area contributed by atoms with E-state index < -0.39 is 28.8 Å². The van der Waals surface area contributed by atoms with Crippen molar-refractivity contribution >= 4 is 22.6 Å². The number of H-pyrrole nitrogens is 1. The number of piperidine rings is 1. The van der Waals surface area contributed by atoms with Crippen molar-refractivity contribution < 1.29 is 18.3 Å². The molecule has 0 unspecified atom stereocenters. The molecule has 2 N–H and O–H groups in total. The Morgan fingerprint density at radius 3 is 2.58 bits per heavy atom. The van der Waals surface area contributed by atoms with Crippen LogP contribution < -0.4 is 15.6 Å². The number of anilines is 1. The summed E-state index contributed by atoms with van der Waals surface area (Å²) < 4.78 is 35.7. The molecule has 1 saturated heterocycles. The quantitative estimate of drug-likeness (QED) is 0.260. The smallest absolute Gasteiger partial charge is 0.286 e. The Hall–Kier alpha value is -4.97. The molecular weight excluding hydrogens is 556 g/mol. The SMILES string of the molecule is CCN1CCC(Cc2[nH]nc3nccc(Oc4ccc(NC(=O)c5nccn(-c6ccc(F)cc6)c5=O)cc4F)c23)CC1. The summed E-state index contributed by atoms with van der Waals surface area (Å²) in [4.78, 5) is 36.5. The number of nitrogens with zero attached hydrogens (tertiary/aromatic N) is 5. The summed E-state index contributed by atoms with van der Waals surface area (Å²) in [6.07, 6.45) is 7.18. The van der Waals surface area contributed by atoms with Crippen molar-refractivity contribution in [1.82, 2.24) is 29.6 Å². The molecule has 0 bridgehead atoms. The third-order valence-electron chi connectivity index (χ3n) is 7.71. The van der Waals surface area contributed by atoms with E-state index >= 15 is 4.39 Å². The van der Waals surface area contributed by atoms with Gasteiger partial charge in [0.05, 0.1) is 5.39 Å². The number of likely N-dealkylation sites (tertiary alicyclic amines) is 1. The molecular formula is C31H29F2N7O3. The molecule has 1 fully saturated rings. The second-order valence-electron chi connectivity index (χ2n) is 10.4.